The van der Waals surface area contributed by atoms with Crippen molar-refractivity contribution in [3.05, 3.63) is 83.4 Å². The number of carbonyl (C=O) groups excluding carboxylic acids is 1. The van der Waals surface area contributed by atoms with Gasteiger partial charge in [0.15, 0.2) is 0 Å². The zero-order chi connectivity index (χ0) is 23.9. The van der Waals surface area contributed by atoms with E-state index in [1.807, 2.05) is 41.0 Å². The maximum absolute atomic E-state index is 12.3. The Bertz CT molecular complexity index is 1310. The van der Waals surface area contributed by atoms with E-state index in [1.54, 1.807) is 37.4 Å². The summed E-state index contributed by atoms with van der Waals surface area (Å²) in [6, 6.07) is 21.3. The molecule has 0 saturated carbocycles. The fourth-order valence-corrected chi connectivity index (χ4v) is 3.98. The van der Waals surface area contributed by atoms with Crippen LogP contribution in [0.25, 0.3) is 17.1 Å². The van der Waals surface area contributed by atoms with Crippen molar-refractivity contribution in [3.8, 4) is 28.6 Å². The standard InChI is InChI=1S/C24H20ClN5O3S/c1-33-20-12-6-16(7-13-20)23-28-29-24(30(23)19-10-8-18(25)9-11-19)34-15-22(32)27-26-14-17-4-2-3-5-21(17)31/h2-14H,15H2,1H3,(H2,26,27,31,32). The molecule has 1 heterocycles. The number of aromatic nitrogens is 3. The van der Waals surface area contributed by atoms with Crippen LogP contribution in [0.15, 0.2) is 83.1 Å². The number of amides is 1. The quantitative estimate of drug-likeness (QED) is 0.169. The van der Waals surface area contributed by atoms with Crippen molar-refractivity contribution in [2.24, 2.45) is 5.10 Å². The lowest BCUT2D eigenvalue weighted by atomic mass is 10.2. The van der Waals surface area contributed by atoms with Gasteiger partial charge in [-0.1, -0.05) is 41.6 Å². The van der Waals surface area contributed by atoms with Crippen molar-refractivity contribution in [1.82, 2.24) is 15.6 Å². The van der Waals surface area contributed by atoms with Crippen LogP contribution in [0.5, 0.6) is 11.5 Å². The lowest BCUT2D eigenvalue weighted by Crippen LogP contribution is -2.34. The molecule has 0 unspecified atom stereocenters. The Morgan fingerprint density at radius 1 is 1.18 bits per heavy atom. The van der Waals surface area contributed by atoms with Crippen molar-refractivity contribution in [3.63, 3.8) is 0 Å². The first kappa shape index (κ1) is 23.3. The summed E-state index contributed by atoms with van der Waals surface area (Å²) in [5, 5.41) is 24.3. The van der Waals surface area contributed by atoms with Crippen LogP contribution in [0.4, 0.5) is 0 Å². The number of nitrogens with one attached hydrogen (secondary N) is 2. The molecule has 10 heteroatoms. The van der Waals surface area contributed by atoms with E-state index in [0.717, 1.165) is 22.8 Å². The number of hydrogen-bond acceptors (Lipinski definition) is 6. The normalized spacial score (nSPS) is 11.0. The van der Waals surface area contributed by atoms with Gasteiger partial charge in [0.05, 0.1) is 29.7 Å². The summed E-state index contributed by atoms with van der Waals surface area (Å²) in [5.74, 6) is 1.05. The number of aromatic amines is 1. The van der Waals surface area contributed by atoms with Gasteiger partial charge in [0.2, 0.25) is 0 Å². The Morgan fingerprint density at radius 3 is 2.62 bits per heavy atom. The van der Waals surface area contributed by atoms with Crippen LogP contribution in [0.3, 0.4) is 0 Å². The van der Waals surface area contributed by atoms with Gasteiger partial charge in [-0.15, -0.1) is 5.10 Å². The number of halogens is 1. The highest BCUT2D eigenvalue weighted by atomic mass is 35.5. The number of hydrazone groups is 1. The van der Waals surface area contributed by atoms with E-state index in [9.17, 15) is 9.90 Å². The smallest absolute Gasteiger partial charge is 0.342 e. The van der Waals surface area contributed by atoms with Crippen molar-refractivity contribution in [2.75, 3.05) is 12.9 Å². The summed E-state index contributed by atoms with van der Waals surface area (Å²) in [7, 11) is 1.61. The fourth-order valence-electron chi connectivity index (χ4n) is 3.09. The third kappa shape index (κ3) is 5.56. The zero-order valence-corrected chi connectivity index (χ0v) is 19.6. The molecule has 172 valence electrons. The van der Waals surface area contributed by atoms with E-state index in [2.05, 4.69) is 20.7 Å². The third-order valence-corrected chi connectivity index (χ3v) is 5.96. The largest absolute Gasteiger partial charge is 0.872 e. The molecule has 34 heavy (non-hydrogen) atoms. The first-order valence-corrected chi connectivity index (χ1v) is 11.5. The molecule has 0 fully saturated rings. The van der Waals surface area contributed by atoms with Gasteiger partial charge in [0.1, 0.15) is 11.4 Å². The number of carbonyl (C=O) groups is 1. The van der Waals surface area contributed by atoms with Gasteiger partial charge in [-0.25, -0.2) is 5.43 Å². The molecule has 1 amide bonds. The highest BCUT2D eigenvalue weighted by Gasteiger charge is 2.24. The second-order valence-electron chi connectivity index (χ2n) is 7.01. The molecule has 0 bridgehead atoms. The highest BCUT2D eigenvalue weighted by molar-refractivity contribution is 7.99. The lowest BCUT2D eigenvalue weighted by molar-refractivity contribution is -0.625. The second-order valence-corrected chi connectivity index (χ2v) is 8.39. The molecule has 0 radical (unpaired) electrons. The average molecular weight is 494 g/mol. The van der Waals surface area contributed by atoms with Gasteiger partial charge in [0.25, 0.3) is 11.7 Å². The van der Waals surface area contributed by atoms with Gasteiger partial charge < -0.3 is 9.84 Å². The number of rotatable bonds is 8. The number of hydrogen-bond donors (Lipinski definition) is 2. The number of nitrogens with zero attached hydrogens (tertiary/aromatic N) is 3. The summed E-state index contributed by atoms with van der Waals surface area (Å²) in [4.78, 5) is 12.3. The van der Waals surface area contributed by atoms with Gasteiger partial charge in [-0.05, 0) is 65.9 Å². The highest BCUT2D eigenvalue weighted by Crippen LogP contribution is 2.23. The van der Waals surface area contributed by atoms with Crippen LogP contribution in [-0.2, 0) is 4.79 Å². The minimum Gasteiger partial charge on any atom is -0.872 e. The minimum absolute atomic E-state index is 0.0663. The van der Waals surface area contributed by atoms with E-state index in [0.29, 0.717) is 15.7 Å². The molecule has 2 N–H and O–H groups in total. The van der Waals surface area contributed by atoms with E-state index >= 15 is 0 Å². The summed E-state index contributed by atoms with van der Waals surface area (Å²) in [6.07, 6.45) is 1.33. The predicted molar refractivity (Wildman–Crippen MR) is 129 cm³/mol. The summed E-state index contributed by atoms with van der Waals surface area (Å²) in [5.41, 5.74) is 4.55. The van der Waals surface area contributed by atoms with Crippen molar-refractivity contribution in [2.45, 2.75) is 5.16 Å². The number of H-pyrrole nitrogens is 1. The maximum Gasteiger partial charge on any atom is 0.342 e. The van der Waals surface area contributed by atoms with Gasteiger partial charge in [-0.3, -0.25) is 4.79 Å². The number of methoxy groups -OCH3 is 1. The number of para-hydroxylation sites is 1. The van der Waals surface area contributed by atoms with Crippen LogP contribution in [0.2, 0.25) is 5.02 Å². The molecule has 0 spiro atoms. The molecule has 0 saturated heterocycles. The Morgan fingerprint density at radius 2 is 1.91 bits per heavy atom. The Balaban J connectivity index is 1.53. The topological polar surface area (TPSA) is 106 Å². The van der Waals surface area contributed by atoms with Crippen molar-refractivity contribution in [1.29, 1.82) is 0 Å². The molecule has 0 aliphatic carbocycles. The monoisotopic (exact) mass is 493 g/mol. The molecule has 3 aromatic carbocycles. The Labute approximate surface area is 205 Å². The first-order valence-electron chi connectivity index (χ1n) is 10.2. The fraction of sp³-hybridized carbons (Fsp3) is 0.0833. The van der Waals surface area contributed by atoms with Crippen LogP contribution >= 0.6 is 23.4 Å². The lowest BCUT2D eigenvalue weighted by Gasteiger charge is -2.07. The molecule has 0 aliphatic rings. The summed E-state index contributed by atoms with van der Waals surface area (Å²) >= 11 is 7.31. The molecule has 1 aromatic heterocycles. The first-order chi connectivity index (χ1) is 16.5. The molecule has 4 rings (SSSR count). The van der Waals surface area contributed by atoms with E-state index in [-0.39, 0.29) is 17.4 Å². The van der Waals surface area contributed by atoms with Crippen LogP contribution in [-0.4, -0.2) is 35.2 Å². The molecule has 4 aromatic rings. The van der Waals surface area contributed by atoms with E-state index in [4.69, 9.17) is 16.3 Å². The maximum atomic E-state index is 12.3. The SMILES string of the molecule is COc1ccc(-c2[nH]nc(SCC(=O)NN=Cc3ccccc3[O-])[n+]2-c2ccc(Cl)cc2)cc1. The summed E-state index contributed by atoms with van der Waals surface area (Å²) in [6.45, 7) is 0. The van der Waals surface area contributed by atoms with E-state index < -0.39 is 0 Å². The zero-order valence-electron chi connectivity index (χ0n) is 18.1. The predicted octanol–water partition coefficient (Wildman–Crippen LogP) is 3.33. The molecule has 0 aliphatic heterocycles. The summed E-state index contributed by atoms with van der Waals surface area (Å²) < 4.78 is 7.16. The number of thioether (sulfide) groups is 1. The van der Waals surface area contributed by atoms with E-state index in [1.165, 1.54) is 24.0 Å². The van der Waals surface area contributed by atoms with Gasteiger partial charge >= 0.3 is 5.16 Å². The Hall–Kier alpha value is -3.82. The van der Waals surface area contributed by atoms with Crippen molar-refractivity contribution >= 4 is 35.5 Å². The van der Waals surface area contributed by atoms with Crippen LogP contribution < -0.4 is 19.8 Å². The molecule has 8 nitrogen and oxygen atoms in total. The molecular weight excluding hydrogens is 474 g/mol. The van der Waals surface area contributed by atoms with Gasteiger partial charge in [-0.2, -0.15) is 9.67 Å². The van der Waals surface area contributed by atoms with Crippen LogP contribution in [0, 0.1) is 0 Å². The second kappa shape index (κ2) is 10.9. The Kier molecular flexibility index (Phi) is 7.46. The number of benzene rings is 3. The molecular formula is C24H20ClN5O3S. The van der Waals surface area contributed by atoms with Crippen molar-refractivity contribution < 1.29 is 19.2 Å². The average Bonchev–Trinajstić information content (AvgIpc) is 3.28. The van der Waals surface area contributed by atoms with Crippen LogP contribution in [0.1, 0.15) is 5.56 Å². The molecule has 0 atom stereocenters. The van der Waals surface area contributed by atoms with Gasteiger partial charge in [0, 0.05) is 5.02 Å². The number of ether oxygens (including phenoxy) is 1. The minimum atomic E-state index is -0.332. The third-order valence-electron chi connectivity index (χ3n) is 4.76.